The Balaban J connectivity index is 2.12. The van der Waals surface area contributed by atoms with E-state index in [0.29, 0.717) is 24.1 Å². The predicted molar refractivity (Wildman–Crippen MR) is 68.6 cm³/mol. The monoisotopic (exact) mass is 246 g/mol. The standard InChI is InChI=1S/C14H18N2O2/c1-2-17-13-5-3-4-11(10-16-12-6-7-12)14(13)18-9-8-15/h3-5,12,16H,2,6-7,9-10H2,1H3. The van der Waals surface area contributed by atoms with Gasteiger partial charge in [0.25, 0.3) is 0 Å². The van der Waals surface area contributed by atoms with Gasteiger partial charge in [0, 0.05) is 18.2 Å². The van der Waals surface area contributed by atoms with E-state index in [2.05, 4.69) is 5.32 Å². The lowest BCUT2D eigenvalue weighted by atomic mass is 10.2. The third-order valence-corrected chi connectivity index (χ3v) is 2.80. The molecule has 0 unspecified atom stereocenters. The molecule has 1 aromatic carbocycles. The number of benzene rings is 1. The number of para-hydroxylation sites is 1. The fourth-order valence-electron chi connectivity index (χ4n) is 1.78. The SMILES string of the molecule is CCOc1cccc(CNC2CC2)c1OCC#N. The first-order chi connectivity index (χ1) is 8.85. The number of hydrogen-bond donors (Lipinski definition) is 1. The molecule has 0 saturated heterocycles. The van der Waals surface area contributed by atoms with Crippen LogP contribution in [-0.2, 0) is 6.54 Å². The Bertz CT molecular complexity index is 436. The number of nitrogens with zero attached hydrogens (tertiary/aromatic N) is 1. The van der Waals surface area contributed by atoms with E-state index in [-0.39, 0.29) is 6.61 Å². The smallest absolute Gasteiger partial charge is 0.174 e. The lowest BCUT2D eigenvalue weighted by Crippen LogP contribution is -2.16. The van der Waals surface area contributed by atoms with Gasteiger partial charge in [-0.15, -0.1) is 0 Å². The fourth-order valence-corrected chi connectivity index (χ4v) is 1.78. The summed E-state index contributed by atoms with van der Waals surface area (Å²) in [5.41, 5.74) is 1.04. The Morgan fingerprint density at radius 1 is 1.39 bits per heavy atom. The highest BCUT2D eigenvalue weighted by Gasteiger charge is 2.21. The summed E-state index contributed by atoms with van der Waals surface area (Å²) in [4.78, 5) is 0. The molecule has 0 spiro atoms. The number of ether oxygens (including phenoxy) is 2. The fraction of sp³-hybridized carbons (Fsp3) is 0.500. The van der Waals surface area contributed by atoms with Gasteiger partial charge >= 0.3 is 0 Å². The Morgan fingerprint density at radius 2 is 2.22 bits per heavy atom. The summed E-state index contributed by atoms with van der Waals surface area (Å²) in [5.74, 6) is 1.40. The largest absolute Gasteiger partial charge is 0.490 e. The van der Waals surface area contributed by atoms with E-state index < -0.39 is 0 Å². The van der Waals surface area contributed by atoms with Gasteiger partial charge in [-0.1, -0.05) is 12.1 Å². The molecule has 4 nitrogen and oxygen atoms in total. The highest BCUT2D eigenvalue weighted by atomic mass is 16.5. The highest BCUT2D eigenvalue weighted by Crippen LogP contribution is 2.32. The summed E-state index contributed by atoms with van der Waals surface area (Å²) in [7, 11) is 0. The minimum Gasteiger partial charge on any atom is -0.490 e. The lowest BCUT2D eigenvalue weighted by molar-refractivity contribution is 0.296. The van der Waals surface area contributed by atoms with Crippen molar-refractivity contribution in [3.8, 4) is 17.6 Å². The van der Waals surface area contributed by atoms with E-state index in [1.165, 1.54) is 12.8 Å². The van der Waals surface area contributed by atoms with Crippen molar-refractivity contribution in [1.29, 1.82) is 5.26 Å². The number of nitrogens with one attached hydrogen (secondary N) is 1. The zero-order valence-electron chi connectivity index (χ0n) is 10.6. The molecular formula is C14H18N2O2. The van der Waals surface area contributed by atoms with Crippen molar-refractivity contribution in [1.82, 2.24) is 5.32 Å². The molecule has 1 aromatic rings. The van der Waals surface area contributed by atoms with Gasteiger partial charge in [0.2, 0.25) is 0 Å². The molecule has 1 aliphatic rings. The van der Waals surface area contributed by atoms with Gasteiger partial charge in [0.05, 0.1) is 6.61 Å². The average molecular weight is 246 g/mol. The normalized spacial score (nSPS) is 14.0. The van der Waals surface area contributed by atoms with Crippen LogP contribution in [0.15, 0.2) is 18.2 Å². The van der Waals surface area contributed by atoms with Gasteiger partial charge in [0.15, 0.2) is 18.1 Å². The molecule has 0 aliphatic heterocycles. The molecule has 2 rings (SSSR count). The Labute approximate surface area is 108 Å². The van der Waals surface area contributed by atoms with Crippen molar-refractivity contribution in [2.75, 3.05) is 13.2 Å². The number of nitriles is 1. The summed E-state index contributed by atoms with van der Waals surface area (Å²) in [6, 6.07) is 8.46. The van der Waals surface area contributed by atoms with Crippen LogP contribution < -0.4 is 14.8 Å². The van der Waals surface area contributed by atoms with Gasteiger partial charge in [-0.05, 0) is 25.8 Å². The second-order valence-electron chi connectivity index (χ2n) is 4.28. The summed E-state index contributed by atoms with van der Waals surface area (Å²) in [6.45, 7) is 3.32. The van der Waals surface area contributed by atoms with E-state index in [1.54, 1.807) is 0 Å². The topological polar surface area (TPSA) is 54.3 Å². The van der Waals surface area contributed by atoms with Crippen molar-refractivity contribution in [3.63, 3.8) is 0 Å². The van der Waals surface area contributed by atoms with Crippen molar-refractivity contribution in [2.45, 2.75) is 32.4 Å². The maximum absolute atomic E-state index is 8.64. The summed E-state index contributed by atoms with van der Waals surface area (Å²) < 4.78 is 11.0. The van der Waals surface area contributed by atoms with Crippen LogP contribution in [0, 0.1) is 11.3 Å². The maximum atomic E-state index is 8.64. The second kappa shape index (κ2) is 6.27. The maximum Gasteiger partial charge on any atom is 0.174 e. The number of rotatable bonds is 7. The zero-order chi connectivity index (χ0) is 12.8. The molecule has 1 N–H and O–H groups in total. The Hall–Kier alpha value is -1.73. The predicted octanol–water partition coefficient (Wildman–Crippen LogP) is 2.24. The summed E-state index contributed by atoms with van der Waals surface area (Å²) >= 11 is 0. The van der Waals surface area contributed by atoms with E-state index in [1.807, 2.05) is 31.2 Å². The third kappa shape index (κ3) is 3.38. The third-order valence-electron chi connectivity index (χ3n) is 2.80. The van der Waals surface area contributed by atoms with Crippen LogP contribution in [0.1, 0.15) is 25.3 Å². The van der Waals surface area contributed by atoms with Crippen LogP contribution in [-0.4, -0.2) is 19.3 Å². The van der Waals surface area contributed by atoms with Crippen molar-refractivity contribution >= 4 is 0 Å². The minimum absolute atomic E-state index is 0.0422. The van der Waals surface area contributed by atoms with E-state index in [0.717, 1.165) is 12.1 Å². The lowest BCUT2D eigenvalue weighted by Gasteiger charge is -2.14. The Morgan fingerprint density at radius 3 is 2.89 bits per heavy atom. The second-order valence-corrected chi connectivity index (χ2v) is 4.28. The first kappa shape index (κ1) is 12.7. The van der Waals surface area contributed by atoms with Crippen LogP contribution in [0.3, 0.4) is 0 Å². The molecule has 0 aromatic heterocycles. The zero-order valence-corrected chi connectivity index (χ0v) is 10.6. The molecule has 0 amide bonds. The first-order valence-corrected chi connectivity index (χ1v) is 6.33. The van der Waals surface area contributed by atoms with Crippen LogP contribution in [0.25, 0.3) is 0 Å². The van der Waals surface area contributed by atoms with Gasteiger partial charge < -0.3 is 14.8 Å². The molecule has 1 aliphatic carbocycles. The van der Waals surface area contributed by atoms with E-state index in [9.17, 15) is 0 Å². The summed E-state index contributed by atoms with van der Waals surface area (Å²) in [5, 5.41) is 12.1. The van der Waals surface area contributed by atoms with Crippen molar-refractivity contribution in [3.05, 3.63) is 23.8 Å². The van der Waals surface area contributed by atoms with Crippen molar-refractivity contribution in [2.24, 2.45) is 0 Å². The van der Waals surface area contributed by atoms with Gasteiger partial charge in [0.1, 0.15) is 6.07 Å². The molecule has 18 heavy (non-hydrogen) atoms. The molecule has 1 saturated carbocycles. The van der Waals surface area contributed by atoms with Crippen LogP contribution in [0.4, 0.5) is 0 Å². The van der Waals surface area contributed by atoms with Gasteiger partial charge in [-0.3, -0.25) is 0 Å². The van der Waals surface area contributed by atoms with Crippen LogP contribution in [0.2, 0.25) is 0 Å². The molecule has 96 valence electrons. The quantitative estimate of drug-likeness (QED) is 0.801. The highest BCUT2D eigenvalue weighted by molar-refractivity contribution is 5.46. The Kier molecular flexibility index (Phi) is 4.43. The average Bonchev–Trinajstić information content (AvgIpc) is 3.19. The van der Waals surface area contributed by atoms with E-state index >= 15 is 0 Å². The van der Waals surface area contributed by atoms with Gasteiger partial charge in [-0.25, -0.2) is 0 Å². The van der Waals surface area contributed by atoms with Crippen molar-refractivity contribution < 1.29 is 9.47 Å². The molecule has 1 fully saturated rings. The summed E-state index contributed by atoms with van der Waals surface area (Å²) in [6.07, 6.45) is 2.50. The van der Waals surface area contributed by atoms with Crippen LogP contribution >= 0.6 is 0 Å². The van der Waals surface area contributed by atoms with E-state index in [4.69, 9.17) is 14.7 Å². The van der Waals surface area contributed by atoms with Gasteiger partial charge in [-0.2, -0.15) is 5.26 Å². The molecule has 0 heterocycles. The molecule has 0 radical (unpaired) electrons. The minimum atomic E-state index is 0.0422. The molecule has 0 bridgehead atoms. The molecule has 4 heteroatoms. The van der Waals surface area contributed by atoms with Crippen LogP contribution in [0.5, 0.6) is 11.5 Å². The first-order valence-electron chi connectivity index (χ1n) is 6.33. The number of hydrogen-bond acceptors (Lipinski definition) is 4. The molecular weight excluding hydrogens is 228 g/mol. The molecule has 0 atom stereocenters.